The number of fused-ring (bicyclic) bond motifs is 1. The molecule has 2 aromatic carbocycles. The molecule has 3 heterocycles. The number of phenols is 3. The second kappa shape index (κ2) is 11.2. The van der Waals surface area contributed by atoms with Gasteiger partial charge in [0.05, 0.1) is 18.3 Å². The normalized spacial score (nSPS) is 34.1. The van der Waals surface area contributed by atoms with Crippen molar-refractivity contribution < 1.29 is 64.6 Å². The summed E-state index contributed by atoms with van der Waals surface area (Å²) >= 11 is 0. The highest BCUT2D eigenvalue weighted by Gasteiger charge is 2.51. The summed E-state index contributed by atoms with van der Waals surface area (Å²) in [6, 6.07) is 7.85. The van der Waals surface area contributed by atoms with Gasteiger partial charge in [0.15, 0.2) is 11.7 Å². The summed E-state index contributed by atoms with van der Waals surface area (Å²) in [4.78, 5) is 13.1. The van der Waals surface area contributed by atoms with Gasteiger partial charge < -0.3 is 64.6 Å². The van der Waals surface area contributed by atoms with Crippen molar-refractivity contribution >= 4 is 11.0 Å². The predicted molar refractivity (Wildman–Crippen MR) is 137 cm³/mol. The topological polar surface area (TPSA) is 240 Å². The van der Waals surface area contributed by atoms with Gasteiger partial charge in [-0.3, -0.25) is 4.79 Å². The number of aliphatic hydroxyl groups excluding tert-OH is 6. The molecule has 3 aromatic rings. The largest absolute Gasteiger partial charge is 0.508 e. The maximum atomic E-state index is 13.1. The lowest BCUT2D eigenvalue weighted by molar-refractivity contribution is -0.338. The van der Waals surface area contributed by atoms with E-state index in [1.807, 2.05) is 0 Å². The molecule has 2 aliphatic rings. The first kappa shape index (κ1) is 29.2. The Morgan fingerprint density at radius 3 is 2.20 bits per heavy atom. The van der Waals surface area contributed by atoms with E-state index in [1.54, 1.807) is 0 Å². The van der Waals surface area contributed by atoms with Crippen molar-refractivity contribution in [1.29, 1.82) is 0 Å². The molecule has 2 fully saturated rings. The third-order valence-corrected chi connectivity index (χ3v) is 7.41. The molecule has 10 atom stereocenters. The summed E-state index contributed by atoms with van der Waals surface area (Å²) in [5.74, 6) is -1.40. The molecule has 41 heavy (non-hydrogen) atoms. The molecule has 0 radical (unpaired) electrons. The zero-order valence-corrected chi connectivity index (χ0v) is 21.5. The van der Waals surface area contributed by atoms with Gasteiger partial charge in [-0.2, -0.15) is 0 Å². The molecule has 2 aliphatic heterocycles. The van der Waals surface area contributed by atoms with E-state index >= 15 is 0 Å². The van der Waals surface area contributed by atoms with E-state index in [0.717, 1.165) is 12.1 Å². The predicted octanol–water partition coefficient (Wildman–Crippen LogP) is -1.06. The first-order valence-electron chi connectivity index (χ1n) is 12.7. The van der Waals surface area contributed by atoms with E-state index in [4.69, 9.17) is 18.6 Å². The Morgan fingerprint density at radius 2 is 1.54 bits per heavy atom. The molecule has 1 aromatic heterocycles. The van der Waals surface area contributed by atoms with Crippen LogP contribution >= 0.6 is 0 Å². The van der Waals surface area contributed by atoms with Crippen molar-refractivity contribution in [2.75, 3.05) is 6.61 Å². The molecule has 0 bridgehead atoms. The second-order valence-electron chi connectivity index (χ2n) is 10.1. The SMILES string of the molecule is C[C@@H]1O[C@H](O[C@@H]2[C@@H](O)[C@@H](c3c(O)cc4oc(-c5ccc(O)cc5)cc(=O)c4c3O)O[C@H](CO)[C@H]2O)[C@H](O)[C@H](O)[C@H]1O. The highest BCUT2D eigenvalue weighted by molar-refractivity contribution is 5.88. The zero-order chi connectivity index (χ0) is 29.7. The Morgan fingerprint density at radius 1 is 0.854 bits per heavy atom. The summed E-state index contributed by atoms with van der Waals surface area (Å²) < 4.78 is 22.3. The first-order chi connectivity index (χ1) is 19.4. The van der Waals surface area contributed by atoms with Gasteiger partial charge in [0.25, 0.3) is 0 Å². The molecule has 0 spiro atoms. The Hall–Kier alpha value is -3.31. The average molecular weight is 579 g/mol. The minimum Gasteiger partial charge on any atom is -0.508 e. The van der Waals surface area contributed by atoms with Crippen LogP contribution in [-0.4, -0.2) is 108 Å². The number of hydrogen-bond acceptors (Lipinski definition) is 14. The number of phenolic OH excluding ortho intramolecular Hbond substituents is 3. The first-order valence-corrected chi connectivity index (χ1v) is 12.7. The minimum absolute atomic E-state index is 0.00992. The summed E-state index contributed by atoms with van der Waals surface area (Å²) in [6.45, 7) is 0.597. The maximum Gasteiger partial charge on any atom is 0.197 e. The minimum atomic E-state index is -1.89. The van der Waals surface area contributed by atoms with Crippen LogP contribution in [0.3, 0.4) is 0 Å². The summed E-state index contributed by atoms with van der Waals surface area (Å²) in [7, 11) is 0. The van der Waals surface area contributed by atoms with Crippen molar-refractivity contribution in [3.8, 4) is 28.6 Å². The molecule has 14 nitrogen and oxygen atoms in total. The molecule has 222 valence electrons. The fourth-order valence-corrected chi connectivity index (χ4v) is 5.12. The Balaban J connectivity index is 1.52. The maximum absolute atomic E-state index is 13.1. The Bertz CT molecular complexity index is 1460. The summed E-state index contributed by atoms with van der Waals surface area (Å²) in [5, 5.41) is 93.3. The van der Waals surface area contributed by atoms with Crippen molar-refractivity contribution in [1.82, 2.24) is 0 Å². The second-order valence-corrected chi connectivity index (χ2v) is 10.1. The summed E-state index contributed by atoms with van der Waals surface area (Å²) in [6.07, 6.45) is -16.0. The molecule has 5 rings (SSSR count). The fourth-order valence-electron chi connectivity index (χ4n) is 5.12. The zero-order valence-electron chi connectivity index (χ0n) is 21.5. The highest BCUT2D eigenvalue weighted by Crippen LogP contribution is 2.45. The van der Waals surface area contributed by atoms with E-state index in [9.17, 15) is 50.8 Å². The molecular weight excluding hydrogens is 548 g/mol. The van der Waals surface area contributed by atoms with Gasteiger partial charge in [0.2, 0.25) is 0 Å². The van der Waals surface area contributed by atoms with Crippen molar-refractivity contribution in [2.24, 2.45) is 0 Å². The van der Waals surface area contributed by atoms with E-state index in [2.05, 4.69) is 0 Å². The van der Waals surface area contributed by atoms with Crippen molar-refractivity contribution in [3.63, 3.8) is 0 Å². The van der Waals surface area contributed by atoms with Gasteiger partial charge in [-0.15, -0.1) is 0 Å². The van der Waals surface area contributed by atoms with E-state index < -0.39 is 90.3 Å². The average Bonchev–Trinajstić information content (AvgIpc) is 2.93. The Kier molecular flexibility index (Phi) is 7.95. The van der Waals surface area contributed by atoms with Crippen LogP contribution in [-0.2, 0) is 14.2 Å². The molecule has 9 N–H and O–H groups in total. The van der Waals surface area contributed by atoms with Gasteiger partial charge in [0.1, 0.15) is 82.8 Å². The van der Waals surface area contributed by atoms with Crippen LogP contribution in [0.25, 0.3) is 22.3 Å². The molecule has 0 amide bonds. The third kappa shape index (κ3) is 5.14. The van der Waals surface area contributed by atoms with Crippen LogP contribution in [0.15, 0.2) is 45.6 Å². The fraction of sp³-hybridized carbons (Fsp3) is 0.444. The van der Waals surface area contributed by atoms with E-state index in [-0.39, 0.29) is 22.5 Å². The lowest BCUT2D eigenvalue weighted by Gasteiger charge is -2.46. The summed E-state index contributed by atoms with van der Waals surface area (Å²) in [5.41, 5.74) is -0.973. The molecule has 0 unspecified atom stereocenters. The van der Waals surface area contributed by atoms with Crippen LogP contribution < -0.4 is 5.43 Å². The molecule has 0 saturated carbocycles. The number of rotatable bonds is 5. The highest BCUT2D eigenvalue weighted by atomic mass is 16.7. The number of benzene rings is 2. The van der Waals surface area contributed by atoms with Gasteiger partial charge in [-0.25, -0.2) is 0 Å². The van der Waals surface area contributed by atoms with Gasteiger partial charge in [-0.1, -0.05) is 0 Å². The van der Waals surface area contributed by atoms with Crippen LogP contribution in [0.2, 0.25) is 0 Å². The third-order valence-electron chi connectivity index (χ3n) is 7.41. The number of ether oxygens (including phenoxy) is 3. The quantitative estimate of drug-likeness (QED) is 0.175. The standard InChI is InChI=1S/C27H30O14/c1-9-19(32)22(35)23(36)27(38-9)41-26-20(33)16(8-28)40-25(24(26)37)18-13(31)7-15-17(21(18)34)12(30)6-14(39-15)10-2-4-11(29)5-3-10/h2-7,9,16,19-20,22-29,31-37H,8H2,1H3/t9-,16+,19-,20+,22+,23+,24-,25+,26-,27+/m0/s1. The molecule has 14 heteroatoms. The Labute approximate surface area is 231 Å². The monoisotopic (exact) mass is 578 g/mol. The van der Waals surface area contributed by atoms with Crippen LogP contribution in [0, 0.1) is 0 Å². The van der Waals surface area contributed by atoms with Crippen molar-refractivity contribution in [2.45, 2.75) is 68.1 Å². The van der Waals surface area contributed by atoms with Crippen LogP contribution in [0.1, 0.15) is 18.6 Å². The van der Waals surface area contributed by atoms with Crippen LogP contribution in [0.4, 0.5) is 0 Å². The van der Waals surface area contributed by atoms with Crippen molar-refractivity contribution in [3.05, 3.63) is 52.2 Å². The number of hydrogen-bond donors (Lipinski definition) is 9. The molecule has 2 saturated heterocycles. The van der Waals surface area contributed by atoms with Gasteiger partial charge >= 0.3 is 0 Å². The lowest BCUT2D eigenvalue weighted by Crippen LogP contribution is -2.62. The van der Waals surface area contributed by atoms with E-state index in [1.165, 1.54) is 31.2 Å². The molecule has 0 aliphatic carbocycles. The number of aliphatic hydroxyl groups is 6. The van der Waals surface area contributed by atoms with E-state index in [0.29, 0.717) is 5.56 Å². The number of aromatic hydroxyl groups is 3. The molecular formula is C27H30O14. The van der Waals surface area contributed by atoms with Crippen LogP contribution in [0.5, 0.6) is 17.2 Å². The smallest absolute Gasteiger partial charge is 0.197 e. The van der Waals surface area contributed by atoms with Gasteiger partial charge in [-0.05, 0) is 31.2 Å². The lowest BCUT2D eigenvalue weighted by atomic mass is 9.89. The van der Waals surface area contributed by atoms with Gasteiger partial charge in [0, 0.05) is 17.7 Å².